The molecule has 1 aromatic rings. The Bertz CT molecular complexity index is 258. The van der Waals surface area contributed by atoms with Crippen molar-refractivity contribution in [3.63, 3.8) is 0 Å². The number of phenols is 1. The Morgan fingerprint density at radius 1 is 1.33 bits per heavy atom. The lowest BCUT2D eigenvalue weighted by atomic mass is 10.1. The van der Waals surface area contributed by atoms with Gasteiger partial charge in [0.05, 0.1) is 0 Å². The standard InChI is InChI=1S/C10H15NO/c1-8(11(2)3)9-5-4-6-10(12)7-9/h4-8,12H,1-3H3/t8-/m1/s1. The molecule has 0 unspecified atom stereocenters. The van der Waals surface area contributed by atoms with Gasteiger partial charge in [-0.3, -0.25) is 0 Å². The van der Waals surface area contributed by atoms with Gasteiger partial charge in [-0.1, -0.05) is 12.1 Å². The third-order valence-electron chi connectivity index (χ3n) is 2.13. The summed E-state index contributed by atoms with van der Waals surface area (Å²) in [5, 5.41) is 9.23. The normalized spacial score (nSPS) is 13.3. The number of nitrogens with zero attached hydrogens (tertiary/aromatic N) is 1. The van der Waals surface area contributed by atoms with Gasteiger partial charge in [0.25, 0.3) is 0 Å². The van der Waals surface area contributed by atoms with Gasteiger partial charge in [-0.15, -0.1) is 0 Å². The Morgan fingerprint density at radius 2 is 2.00 bits per heavy atom. The molecule has 0 aliphatic rings. The molecule has 0 saturated carbocycles. The van der Waals surface area contributed by atoms with Crippen LogP contribution >= 0.6 is 0 Å². The first-order valence-corrected chi connectivity index (χ1v) is 4.06. The minimum Gasteiger partial charge on any atom is -0.508 e. The molecule has 2 nitrogen and oxygen atoms in total. The van der Waals surface area contributed by atoms with Crippen LogP contribution in [-0.2, 0) is 0 Å². The number of phenolic OH excluding ortho intramolecular Hbond substituents is 1. The van der Waals surface area contributed by atoms with Crippen LogP contribution in [0, 0.1) is 0 Å². The van der Waals surface area contributed by atoms with E-state index < -0.39 is 0 Å². The highest BCUT2D eigenvalue weighted by Crippen LogP contribution is 2.20. The van der Waals surface area contributed by atoms with Crippen LogP contribution in [0.4, 0.5) is 0 Å². The van der Waals surface area contributed by atoms with Gasteiger partial charge in [-0.2, -0.15) is 0 Å². The SMILES string of the molecule is C[C@H](c1cccc(O)c1)N(C)C. The highest BCUT2D eigenvalue weighted by Gasteiger charge is 2.06. The van der Waals surface area contributed by atoms with Crippen molar-refractivity contribution in [3.05, 3.63) is 29.8 Å². The van der Waals surface area contributed by atoms with Crippen molar-refractivity contribution in [1.29, 1.82) is 0 Å². The first kappa shape index (κ1) is 9.07. The summed E-state index contributed by atoms with van der Waals surface area (Å²) in [4.78, 5) is 2.11. The van der Waals surface area contributed by atoms with E-state index in [0.717, 1.165) is 5.56 Å². The average molecular weight is 165 g/mol. The molecule has 66 valence electrons. The van der Waals surface area contributed by atoms with Crippen molar-refractivity contribution in [2.24, 2.45) is 0 Å². The molecule has 1 N–H and O–H groups in total. The van der Waals surface area contributed by atoms with E-state index in [1.165, 1.54) is 0 Å². The van der Waals surface area contributed by atoms with Crippen molar-refractivity contribution in [3.8, 4) is 5.75 Å². The molecule has 0 aromatic heterocycles. The van der Waals surface area contributed by atoms with Gasteiger partial charge in [0.2, 0.25) is 0 Å². The van der Waals surface area contributed by atoms with E-state index in [1.54, 1.807) is 12.1 Å². The molecule has 12 heavy (non-hydrogen) atoms. The maximum atomic E-state index is 9.23. The second-order valence-corrected chi connectivity index (χ2v) is 3.23. The minimum absolute atomic E-state index is 0.334. The largest absolute Gasteiger partial charge is 0.508 e. The molecule has 0 spiro atoms. The number of hydrogen-bond donors (Lipinski definition) is 1. The molecule has 0 bridgehead atoms. The van der Waals surface area contributed by atoms with E-state index in [4.69, 9.17) is 0 Å². The number of rotatable bonds is 2. The van der Waals surface area contributed by atoms with E-state index in [2.05, 4.69) is 11.8 Å². The van der Waals surface area contributed by atoms with Crippen LogP contribution in [0.2, 0.25) is 0 Å². The quantitative estimate of drug-likeness (QED) is 0.724. The van der Waals surface area contributed by atoms with Gasteiger partial charge in [0.15, 0.2) is 0 Å². The Balaban J connectivity index is 2.88. The topological polar surface area (TPSA) is 23.5 Å². The first-order valence-electron chi connectivity index (χ1n) is 4.06. The summed E-state index contributed by atoms with van der Waals surface area (Å²) in [5.41, 5.74) is 1.14. The monoisotopic (exact) mass is 165 g/mol. The average Bonchev–Trinajstić information content (AvgIpc) is 2.03. The van der Waals surface area contributed by atoms with Gasteiger partial charge >= 0.3 is 0 Å². The molecule has 1 rings (SSSR count). The minimum atomic E-state index is 0.334. The van der Waals surface area contributed by atoms with Crippen LogP contribution in [0.3, 0.4) is 0 Å². The predicted molar refractivity (Wildman–Crippen MR) is 50.2 cm³/mol. The molecule has 1 aromatic carbocycles. The van der Waals surface area contributed by atoms with E-state index in [9.17, 15) is 5.11 Å². The van der Waals surface area contributed by atoms with Crippen LogP contribution in [0.25, 0.3) is 0 Å². The predicted octanol–water partition coefficient (Wildman–Crippen LogP) is 2.01. The van der Waals surface area contributed by atoms with Gasteiger partial charge < -0.3 is 10.0 Å². The molecule has 0 amide bonds. The van der Waals surface area contributed by atoms with Crippen LogP contribution in [0.15, 0.2) is 24.3 Å². The van der Waals surface area contributed by atoms with Crippen molar-refractivity contribution in [1.82, 2.24) is 4.90 Å². The zero-order chi connectivity index (χ0) is 9.14. The molecule has 0 saturated heterocycles. The van der Waals surface area contributed by atoms with Crippen molar-refractivity contribution < 1.29 is 5.11 Å². The number of benzene rings is 1. The maximum Gasteiger partial charge on any atom is 0.115 e. The summed E-state index contributed by atoms with van der Waals surface area (Å²) in [6, 6.07) is 7.71. The van der Waals surface area contributed by atoms with Gasteiger partial charge in [0.1, 0.15) is 5.75 Å². The van der Waals surface area contributed by atoms with Gasteiger partial charge in [-0.25, -0.2) is 0 Å². The highest BCUT2D eigenvalue weighted by molar-refractivity contribution is 5.28. The van der Waals surface area contributed by atoms with Crippen molar-refractivity contribution in [2.75, 3.05) is 14.1 Å². The second-order valence-electron chi connectivity index (χ2n) is 3.23. The van der Waals surface area contributed by atoms with Gasteiger partial charge in [-0.05, 0) is 38.7 Å². The summed E-state index contributed by atoms with van der Waals surface area (Å²) >= 11 is 0. The Morgan fingerprint density at radius 3 is 2.50 bits per heavy atom. The molecule has 0 heterocycles. The molecule has 0 aliphatic carbocycles. The molecule has 2 heteroatoms. The third-order valence-corrected chi connectivity index (χ3v) is 2.13. The molecule has 0 radical (unpaired) electrons. The third kappa shape index (κ3) is 1.98. The fraction of sp³-hybridized carbons (Fsp3) is 0.400. The Kier molecular flexibility index (Phi) is 2.71. The summed E-state index contributed by atoms with van der Waals surface area (Å²) < 4.78 is 0. The summed E-state index contributed by atoms with van der Waals surface area (Å²) in [5.74, 6) is 0.334. The molecular formula is C10H15NO. The molecule has 1 atom stereocenters. The molecular weight excluding hydrogens is 150 g/mol. The smallest absolute Gasteiger partial charge is 0.115 e. The van der Waals surface area contributed by atoms with Crippen LogP contribution in [0.1, 0.15) is 18.5 Å². The summed E-state index contributed by atoms with van der Waals surface area (Å²) in [6.07, 6.45) is 0. The number of hydrogen-bond acceptors (Lipinski definition) is 2. The number of aromatic hydroxyl groups is 1. The zero-order valence-electron chi connectivity index (χ0n) is 7.78. The summed E-state index contributed by atoms with van der Waals surface area (Å²) in [6.45, 7) is 2.11. The van der Waals surface area contributed by atoms with E-state index in [0.29, 0.717) is 11.8 Å². The maximum absolute atomic E-state index is 9.23. The van der Waals surface area contributed by atoms with Crippen molar-refractivity contribution in [2.45, 2.75) is 13.0 Å². The van der Waals surface area contributed by atoms with E-state index in [-0.39, 0.29) is 0 Å². The van der Waals surface area contributed by atoms with Crippen LogP contribution in [0.5, 0.6) is 5.75 Å². The lowest BCUT2D eigenvalue weighted by molar-refractivity contribution is 0.320. The molecule has 0 fully saturated rings. The van der Waals surface area contributed by atoms with Gasteiger partial charge in [0, 0.05) is 6.04 Å². The molecule has 0 aliphatic heterocycles. The van der Waals surface area contributed by atoms with Crippen molar-refractivity contribution >= 4 is 0 Å². The fourth-order valence-corrected chi connectivity index (χ4v) is 1.08. The lowest BCUT2D eigenvalue weighted by Gasteiger charge is -2.19. The summed E-state index contributed by atoms with van der Waals surface area (Å²) in [7, 11) is 4.05. The Labute approximate surface area is 73.4 Å². The van der Waals surface area contributed by atoms with E-state index >= 15 is 0 Å². The second kappa shape index (κ2) is 3.59. The van der Waals surface area contributed by atoms with Crippen LogP contribution < -0.4 is 0 Å². The van der Waals surface area contributed by atoms with Crippen LogP contribution in [-0.4, -0.2) is 24.1 Å². The Hall–Kier alpha value is -1.02. The fourth-order valence-electron chi connectivity index (χ4n) is 1.08. The van der Waals surface area contributed by atoms with E-state index in [1.807, 2.05) is 26.2 Å². The lowest BCUT2D eigenvalue weighted by Crippen LogP contribution is -2.16. The first-order chi connectivity index (χ1) is 5.61. The highest BCUT2D eigenvalue weighted by atomic mass is 16.3. The zero-order valence-corrected chi connectivity index (χ0v) is 7.78.